The average molecular weight is 375 g/mol. The summed E-state index contributed by atoms with van der Waals surface area (Å²) in [6, 6.07) is 5.97. The van der Waals surface area contributed by atoms with Gasteiger partial charge in [0.2, 0.25) is 0 Å². The number of thiazole rings is 1. The molecule has 0 bridgehead atoms. The Bertz CT molecular complexity index is 916. The summed E-state index contributed by atoms with van der Waals surface area (Å²) in [7, 11) is 1.51. The number of benzene rings is 1. The summed E-state index contributed by atoms with van der Waals surface area (Å²) in [5, 5.41) is 9.39. The molecule has 0 saturated heterocycles. The highest BCUT2D eigenvalue weighted by molar-refractivity contribution is 7.13. The molecule has 3 aromatic rings. The van der Waals surface area contributed by atoms with E-state index in [1.54, 1.807) is 30.8 Å². The van der Waals surface area contributed by atoms with E-state index >= 15 is 0 Å². The number of pyridine rings is 1. The highest BCUT2D eigenvalue weighted by Gasteiger charge is 2.17. The zero-order valence-corrected chi connectivity index (χ0v) is 15.1. The van der Waals surface area contributed by atoms with Crippen LogP contribution in [0.5, 0.6) is 11.5 Å². The van der Waals surface area contributed by atoms with Gasteiger partial charge in [0, 0.05) is 17.3 Å². The molecule has 0 spiro atoms. The first-order chi connectivity index (χ1) is 12.5. The fourth-order valence-electron chi connectivity index (χ4n) is 2.57. The van der Waals surface area contributed by atoms with E-state index < -0.39 is 6.10 Å². The van der Waals surface area contributed by atoms with E-state index in [0.717, 1.165) is 10.4 Å². The molecule has 0 aliphatic heterocycles. The van der Waals surface area contributed by atoms with Gasteiger partial charge in [0.25, 0.3) is 0 Å². The Kier molecular flexibility index (Phi) is 5.34. The SMILES string of the molecule is COc1ccc(F)cc1C(C)Oc1cc(-c2scnc2CO)cnc1N. The molecule has 8 heteroatoms. The number of ether oxygens (including phenoxy) is 2. The first-order valence-corrected chi connectivity index (χ1v) is 8.70. The number of rotatable bonds is 6. The van der Waals surface area contributed by atoms with Crippen molar-refractivity contribution in [3.05, 3.63) is 53.0 Å². The van der Waals surface area contributed by atoms with Gasteiger partial charge in [-0.2, -0.15) is 0 Å². The van der Waals surface area contributed by atoms with Crippen LogP contribution in [0.4, 0.5) is 10.2 Å². The van der Waals surface area contributed by atoms with E-state index in [1.807, 2.05) is 0 Å². The largest absolute Gasteiger partial charge is 0.496 e. The maximum atomic E-state index is 13.6. The minimum atomic E-state index is -0.515. The van der Waals surface area contributed by atoms with Crippen molar-refractivity contribution in [2.45, 2.75) is 19.6 Å². The normalized spacial score (nSPS) is 12.0. The fourth-order valence-corrected chi connectivity index (χ4v) is 3.35. The molecule has 2 heterocycles. The lowest BCUT2D eigenvalue weighted by atomic mass is 10.1. The van der Waals surface area contributed by atoms with Gasteiger partial charge in [-0.15, -0.1) is 11.3 Å². The van der Waals surface area contributed by atoms with Gasteiger partial charge < -0.3 is 20.3 Å². The number of hydrogen-bond donors (Lipinski definition) is 2. The number of nitrogens with zero attached hydrogens (tertiary/aromatic N) is 2. The average Bonchev–Trinajstić information content (AvgIpc) is 3.12. The fraction of sp³-hybridized carbons (Fsp3) is 0.222. The van der Waals surface area contributed by atoms with Crippen LogP contribution in [0.2, 0.25) is 0 Å². The number of nitrogen functional groups attached to an aromatic ring is 1. The van der Waals surface area contributed by atoms with Gasteiger partial charge in [0.1, 0.15) is 17.7 Å². The molecule has 0 amide bonds. The first-order valence-electron chi connectivity index (χ1n) is 7.82. The lowest BCUT2D eigenvalue weighted by Gasteiger charge is -2.19. The summed E-state index contributed by atoms with van der Waals surface area (Å²) < 4.78 is 24.8. The van der Waals surface area contributed by atoms with Crippen molar-refractivity contribution in [2.24, 2.45) is 0 Å². The molecule has 0 aliphatic rings. The Labute approximate surface area is 154 Å². The second-order valence-corrected chi connectivity index (χ2v) is 6.39. The van der Waals surface area contributed by atoms with Gasteiger partial charge in [-0.3, -0.25) is 0 Å². The molecule has 136 valence electrons. The molecule has 0 aliphatic carbocycles. The summed E-state index contributed by atoms with van der Waals surface area (Å²) in [5.74, 6) is 0.713. The Morgan fingerprint density at radius 1 is 1.27 bits per heavy atom. The molecule has 26 heavy (non-hydrogen) atoms. The Morgan fingerprint density at radius 2 is 2.08 bits per heavy atom. The number of aliphatic hydroxyl groups is 1. The van der Waals surface area contributed by atoms with Crippen LogP contribution in [0.3, 0.4) is 0 Å². The molecule has 0 saturated carbocycles. The van der Waals surface area contributed by atoms with Crippen molar-refractivity contribution >= 4 is 17.2 Å². The van der Waals surface area contributed by atoms with Gasteiger partial charge in [0.05, 0.1) is 29.8 Å². The molecule has 0 radical (unpaired) electrons. The van der Waals surface area contributed by atoms with Gasteiger partial charge >= 0.3 is 0 Å². The van der Waals surface area contributed by atoms with Crippen molar-refractivity contribution < 1.29 is 19.0 Å². The van der Waals surface area contributed by atoms with Crippen LogP contribution in [-0.2, 0) is 6.61 Å². The molecule has 1 aromatic carbocycles. The molecule has 6 nitrogen and oxygen atoms in total. The lowest BCUT2D eigenvalue weighted by molar-refractivity contribution is 0.221. The predicted octanol–water partition coefficient (Wildman–Crippen LogP) is 3.57. The third-order valence-electron chi connectivity index (χ3n) is 3.87. The predicted molar refractivity (Wildman–Crippen MR) is 97.7 cm³/mol. The zero-order chi connectivity index (χ0) is 18.7. The van der Waals surface area contributed by atoms with Crippen molar-refractivity contribution in [3.63, 3.8) is 0 Å². The molecular formula is C18H18FN3O3S. The molecule has 1 unspecified atom stereocenters. The summed E-state index contributed by atoms with van der Waals surface area (Å²) in [5.41, 5.74) is 9.45. The maximum Gasteiger partial charge on any atom is 0.166 e. The van der Waals surface area contributed by atoms with Crippen molar-refractivity contribution in [3.8, 4) is 21.9 Å². The number of nitrogens with two attached hydrogens (primary N) is 1. The molecule has 3 rings (SSSR count). The third-order valence-corrected chi connectivity index (χ3v) is 4.79. The van der Waals surface area contributed by atoms with Crippen molar-refractivity contribution in [1.29, 1.82) is 0 Å². The molecular weight excluding hydrogens is 357 g/mol. The van der Waals surface area contributed by atoms with E-state index in [2.05, 4.69) is 9.97 Å². The van der Waals surface area contributed by atoms with Crippen LogP contribution in [0.1, 0.15) is 24.3 Å². The third kappa shape index (κ3) is 3.61. The number of anilines is 1. The van der Waals surface area contributed by atoms with E-state index in [1.165, 1.54) is 30.6 Å². The van der Waals surface area contributed by atoms with E-state index in [9.17, 15) is 9.50 Å². The smallest absolute Gasteiger partial charge is 0.166 e. The molecule has 3 N–H and O–H groups in total. The number of aliphatic hydroxyl groups excluding tert-OH is 1. The molecule has 2 aromatic heterocycles. The molecule has 1 atom stereocenters. The zero-order valence-electron chi connectivity index (χ0n) is 14.3. The highest BCUT2D eigenvalue weighted by atomic mass is 32.1. The van der Waals surface area contributed by atoms with Crippen molar-refractivity contribution in [1.82, 2.24) is 9.97 Å². The van der Waals surface area contributed by atoms with Crippen LogP contribution >= 0.6 is 11.3 Å². The number of hydrogen-bond acceptors (Lipinski definition) is 7. The Morgan fingerprint density at radius 3 is 2.81 bits per heavy atom. The summed E-state index contributed by atoms with van der Waals surface area (Å²) in [4.78, 5) is 9.07. The van der Waals surface area contributed by atoms with Gasteiger partial charge in [0.15, 0.2) is 11.6 Å². The van der Waals surface area contributed by atoms with E-state index in [0.29, 0.717) is 22.8 Å². The first kappa shape index (κ1) is 18.1. The van der Waals surface area contributed by atoms with E-state index in [-0.39, 0.29) is 18.2 Å². The van der Waals surface area contributed by atoms with Crippen molar-refractivity contribution in [2.75, 3.05) is 12.8 Å². The Hall–Kier alpha value is -2.71. The highest BCUT2D eigenvalue weighted by Crippen LogP contribution is 2.35. The standard InChI is InChI=1S/C18H18FN3O3S/c1-10(13-6-12(19)3-4-15(13)24-2)25-16-5-11(7-21-18(16)20)17-14(8-23)22-9-26-17/h3-7,9-10,23H,8H2,1-2H3,(H2,20,21). The minimum absolute atomic E-state index is 0.170. The van der Waals surface area contributed by atoms with E-state index in [4.69, 9.17) is 15.2 Å². The van der Waals surface area contributed by atoms with Gasteiger partial charge in [-0.05, 0) is 31.2 Å². The second-order valence-electron chi connectivity index (χ2n) is 5.54. The maximum absolute atomic E-state index is 13.6. The topological polar surface area (TPSA) is 90.5 Å². The summed E-state index contributed by atoms with van der Waals surface area (Å²) in [6.45, 7) is 1.60. The number of aromatic nitrogens is 2. The van der Waals surface area contributed by atoms with Crippen LogP contribution in [0, 0.1) is 5.82 Å². The van der Waals surface area contributed by atoms with Crippen LogP contribution in [0.25, 0.3) is 10.4 Å². The lowest BCUT2D eigenvalue weighted by Crippen LogP contribution is -2.08. The minimum Gasteiger partial charge on any atom is -0.496 e. The van der Waals surface area contributed by atoms with Crippen LogP contribution in [-0.4, -0.2) is 22.2 Å². The van der Waals surface area contributed by atoms with Gasteiger partial charge in [-0.25, -0.2) is 14.4 Å². The number of halogens is 1. The second kappa shape index (κ2) is 7.67. The van der Waals surface area contributed by atoms with Crippen LogP contribution < -0.4 is 15.2 Å². The molecule has 0 fully saturated rings. The monoisotopic (exact) mass is 375 g/mol. The Balaban J connectivity index is 1.93. The number of methoxy groups -OCH3 is 1. The van der Waals surface area contributed by atoms with Gasteiger partial charge in [-0.1, -0.05) is 0 Å². The summed E-state index contributed by atoms with van der Waals surface area (Å²) in [6.07, 6.45) is 1.08. The summed E-state index contributed by atoms with van der Waals surface area (Å²) >= 11 is 1.39. The quantitative estimate of drug-likeness (QED) is 0.684. The van der Waals surface area contributed by atoms with Crippen LogP contribution in [0.15, 0.2) is 36.0 Å².